The lowest BCUT2D eigenvalue weighted by Crippen LogP contribution is -2.38. The minimum atomic E-state index is -0.158. The summed E-state index contributed by atoms with van der Waals surface area (Å²) >= 11 is 0. The molecule has 2 amide bonds. The van der Waals surface area contributed by atoms with Crippen molar-refractivity contribution in [1.29, 1.82) is 0 Å². The van der Waals surface area contributed by atoms with E-state index in [1.54, 1.807) is 0 Å². The molecular formula is C14H20N2O2. The summed E-state index contributed by atoms with van der Waals surface area (Å²) in [5.41, 5.74) is 3.35. The van der Waals surface area contributed by atoms with Gasteiger partial charge in [0.25, 0.3) is 0 Å². The summed E-state index contributed by atoms with van der Waals surface area (Å²) in [5.74, 6) is 0. The van der Waals surface area contributed by atoms with Crippen LogP contribution in [0, 0.1) is 6.92 Å². The fourth-order valence-electron chi connectivity index (χ4n) is 2.17. The van der Waals surface area contributed by atoms with Gasteiger partial charge in [-0.1, -0.05) is 13.0 Å². The largest absolute Gasteiger partial charge is 0.379 e. The van der Waals surface area contributed by atoms with E-state index in [2.05, 4.69) is 30.5 Å². The Kier molecular flexibility index (Phi) is 4.20. The molecule has 1 atom stereocenters. The average Bonchev–Trinajstić information content (AvgIpc) is 2.82. The Morgan fingerprint density at radius 3 is 2.94 bits per heavy atom. The number of carbonyl (C=O) groups excluding carboxylic acids is 1. The molecular weight excluding hydrogens is 228 g/mol. The van der Waals surface area contributed by atoms with Crippen LogP contribution in [-0.2, 0) is 11.2 Å². The van der Waals surface area contributed by atoms with Gasteiger partial charge in [0, 0.05) is 12.3 Å². The van der Waals surface area contributed by atoms with Gasteiger partial charge in [-0.25, -0.2) is 4.79 Å². The number of carbonyl (C=O) groups is 1. The van der Waals surface area contributed by atoms with Crippen LogP contribution in [0.15, 0.2) is 18.2 Å². The predicted octanol–water partition coefficient (Wildman–Crippen LogP) is 2.47. The number of hydrogen-bond acceptors (Lipinski definition) is 2. The van der Waals surface area contributed by atoms with Gasteiger partial charge in [-0.05, 0) is 43.0 Å². The summed E-state index contributed by atoms with van der Waals surface area (Å²) in [6, 6.07) is 5.99. The molecule has 1 aromatic carbocycles. The molecule has 0 radical (unpaired) electrons. The smallest absolute Gasteiger partial charge is 0.319 e. The molecule has 1 aromatic rings. The molecule has 1 unspecified atom stereocenters. The van der Waals surface area contributed by atoms with Crippen molar-refractivity contribution < 1.29 is 9.53 Å². The predicted molar refractivity (Wildman–Crippen MR) is 71.9 cm³/mol. The molecule has 1 fully saturated rings. The Morgan fingerprint density at radius 2 is 2.33 bits per heavy atom. The maximum Gasteiger partial charge on any atom is 0.319 e. The summed E-state index contributed by atoms with van der Waals surface area (Å²) in [7, 11) is 0. The van der Waals surface area contributed by atoms with E-state index in [9.17, 15) is 4.79 Å². The topological polar surface area (TPSA) is 50.4 Å². The van der Waals surface area contributed by atoms with E-state index in [1.807, 2.05) is 12.1 Å². The van der Waals surface area contributed by atoms with Gasteiger partial charge < -0.3 is 15.4 Å². The monoisotopic (exact) mass is 248 g/mol. The molecule has 0 bridgehead atoms. The van der Waals surface area contributed by atoms with Crippen molar-refractivity contribution in [3.8, 4) is 0 Å². The highest BCUT2D eigenvalue weighted by atomic mass is 16.5. The van der Waals surface area contributed by atoms with Crippen LogP contribution in [0.1, 0.15) is 24.5 Å². The van der Waals surface area contributed by atoms with Crippen LogP contribution >= 0.6 is 0 Å². The van der Waals surface area contributed by atoms with Gasteiger partial charge in [0.1, 0.15) is 0 Å². The summed E-state index contributed by atoms with van der Waals surface area (Å²) in [5, 5.41) is 5.76. The third-order valence-corrected chi connectivity index (χ3v) is 3.25. The number of benzene rings is 1. The Balaban J connectivity index is 1.92. The van der Waals surface area contributed by atoms with Crippen LogP contribution in [0.4, 0.5) is 10.5 Å². The van der Waals surface area contributed by atoms with Crippen molar-refractivity contribution in [2.75, 3.05) is 18.5 Å². The second-order valence-electron chi connectivity index (χ2n) is 4.65. The first-order valence-corrected chi connectivity index (χ1v) is 6.44. The van der Waals surface area contributed by atoms with Crippen molar-refractivity contribution in [3.63, 3.8) is 0 Å². The van der Waals surface area contributed by atoms with E-state index < -0.39 is 0 Å². The first-order valence-electron chi connectivity index (χ1n) is 6.44. The highest BCUT2D eigenvalue weighted by molar-refractivity contribution is 5.89. The molecule has 2 rings (SSSR count). The lowest BCUT2D eigenvalue weighted by atomic mass is 10.1. The lowest BCUT2D eigenvalue weighted by Gasteiger charge is -2.13. The minimum Gasteiger partial charge on any atom is -0.379 e. The zero-order chi connectivity index (χ0) is 13.0. The molecule has 1 aliphatic rings. The van der Waals surface area contributed by atoms with Gasteiger partial charge in [0.15, 0.2) is 0 Å². The molecule has 2 N–H and O–H groups in total. The Morgan fingerprint density at radius 1 is 1.50 bits per heavy atom. The first-order chi connectivity index (χ1) is 8.69. The number of urea groups is 1. The molecule has 1 saturated heterocycles. The van der Waals surface area contributed by atoms with Crippen LogP contribution in [0.3, 0.4) is 0 Å². The number of aryl methyl sites for hydroxylation is 2. The molecule has 0 aromatic heterocycles. The summed E-state index contributed by atoms with van der Waals surface area (Å²) in [6.45, 7) is 5.53. The van der Waals surface area contributed by atoms with E-state index in [0.717, 1.165) is 25.1 Å². The number of hydrogen-bond donors (Lipinski definition) is 2. The number of nitrogens with one attached hydrogen (secondary N) is 2. The van der Waals surface area contributed by atoms with Crippen molar-refractivity contribution in [1.82, 2.24) is 5.32 Å². The van der Waals surface area contributed by atoms with Crippen LogP contribution in [0.25, 0.3) is 0 Å². The first kappa shape index (κ1) is 12.9. The maximum atomic E-state index is 11.8. The number of anilines is 1. The van der Waals surface area contributed by atoms with Crippen LogP contribution < -0.4 is 10.6 Å². The summed E-state index contributed by atoms with van der Waals surface area (Å²) in [4.78, 5) is 11.8. The van der Waals surface area contributed by atoms with E-state index in [1.165, 1.54) is 11.1 Å². The van der Waals surface area contributed by atoms with Gasteiger partial charge >= 0.3 is 6.03 Å². The van der Waals surface area contributed by atoms with Gasteiger partial charge in [0.2, 0.25) is 0 Å². The second kappa shape index (κ2) is 5.87. The molecule has 0 spiro atoms. The molecule has 4 nitrogen and oxygen atoms in total. The minimum absolute atomic E-state index is 0.140. The standard InChI is InChI=1S/C14H20N2O2/c1-3-11-4-5-12(8-10(11)2)15-14(17)16-13-6-7-18-9-13/h4-5,8,13H,3,6-7,9H2,1-2H3,(H2,15,16,17). The molecule has 18 heavy (non-hydrogen) atoms. The maximum absolute atomic E-state index is 11.8. The third-order valence-electron chi connectivity index (χ3n) is 3.25. The quantitative estimate of drug-likeness (QED) is 0.863. The molecule has 1 aliphatic heterocycles. The van der Waals surface area contributed by atoms with Gasteiger partial charge in [-0.3, -0.25) is 0 Å². The van der Waals surface area contributed by atoms with Crippen LogP contribution in [-0.4, -0.2) is 25.3 Å². The fourth-order valence-corrected chi connectivity index (χ4v) is 2.17. The molecule has 0 saturated carbocycles. The van der Waals surface area contributed by atoms with Gasteiger partial charge in [-0.2, -0.15) is 0 Å². The summed E-state index contributed by atoms with van der Waals surface area (Å²) < 4.78 is 5.22. The number of amides is 2. The third kappa shape index (κ3) is 3.23. The fraction of sp³-hybridized carbons (Fsp3) is 0.500. The van der Waals surface area contributed by atoms with Gasteiger partial charge in [-0.15, -0.1) is 0 Å². The van der Waals surface area contributed by atoms with Crippen molar-refractivity contribution >= 4 is 11.7 Å². The number of ether oxygens (including phenoxy) is 1. The van der Waals surface area contributed by atoms with E-state index >= 15 is 0 Å². The van der Waals surface area contributed by atoms with Crippen molar-refractivity contribution in [2.24, 2.45) is 0 Å². The van der Waals surface area contributed by atoms with Crippen LogP contribution in [0.2, 0.25) is 0 Å². The van der Waals surface area contributed by atoms with Crippen LogP contribution in [0.5, 0.6) is 0 Å². The molecule has 0 aliphatic carbocycles. The van der Waals surface area contributed by atoms with E-state index in [4.69, 9.17) is 4.74 Å². The zero-order valence-corrected chi connectivity index (χ0v) is 11.0. The molecule has 4 heteroatoms. The van der Waals surface area contributed by atoms with Gasteiger partial charge in [0.05, 0.1) is 12.6 Å². The zero-order valence-electron chi connectivity index (χ0n) is 11.0. The highest BCUT2D eigenvalue weighted by Crippen LogP contribution is 2.15. The van der Waals surface area contributed by atoms with E-state index in [0.29, 0.717) is 6.61 Å². The average molecular weight is 248 g/mol. The second-order valence-corrected chi connectivity index (χ2v) is 4.65. The Hall–Kier alpha value is -1.55. The van der Waals surface area contributed by atoms with Crippen molar-refractivity contribution in [2.45, 2.75) is 32.7 Å². The normalized spacial score (nSPS) is 18.7. The Labute approximate surface area is 108 Å². The highest BCUT2D eigenvalue weighted by Gasteiger charge is 2.17. The van der Waals surface area contributed by atoms with Crippen molar-refractivity contribution in [3.05, 3.63) is 29.3 Å². The summed E-state index contributed by atoms with van der Waals surface area (Å²) in [6.07, 6.45) is 1.90. The lowest BCUT2D eigenvalue weighted by molar-refractivity contribution is 0.189. The molecule has 1 heterocycles. The van der Waals surface area contributed by atoms with E-state index in [-0.39, 0.29) is 12.1 Å². The Bertz CT molecular complexity index is 426. The number of rotatable bonds is 3. The molecule has 98 valence electrons. The SMILES string of the molecule is CCc1ccc(NC(=O)NC2CCOC2)cc1C.